The third-order valence-corrected chi connectivity index (χ3v) is 2.91. The van der Waals surface area contributed by atoms with Crippen LogP contribution in [0, 0.1) is 11.3 Å². The molecule has 0 aliphatic heterocycles. The maximum absolute atomic E-state index is 6.19. The molecule has 0 amide bonds. The molecule has 1 aromatic rings. The van der Waals surface area contributed by atoms with Gasteiger partial charge in [0.25, 0.3) is 0 Å². The highest BCUT2D eigenvalue weighted by Crippen LogP contribution is 2.26. The topological polar surface area (TPSA) is 43.8 Å². The SMILES string of the molecule is CC(CC(N)Cc1ccn(C)n1)CC(C)(C)C. The van der Waals surface area contributed by atoms with Gasteiger partial charge in [0.1, 0.15) is 0 Å². The fraction of sp³-hybridized carbons (Fsp3) is 0.786. The summed E-state index contributed by atoms with van der Waals surface area (Å²) in [5.74, 6) is 0.675. The lowest BCUT2D eigenvalue weighted by molar-refractivity contribution is 0.285. The fourth-order valence-corrected chi connectivity index (χ4v) is 2.57. The number of aromatic nitrogens is 2. The quantitative estimate of drug-likeness (QED) is 0.855. The lowest BCUT2D eigenvalue weighted by Gasteiger charge is -2.25. The van der Waals surface area contributed by atoms with E-state index in [2.05, 4.69) is 32.8 Å². The van der Waals surface area contributed by atoms with Gasteiger partial charge in [0.05, 0.1) is 5.69 Å². The van der Waals surface area contributed by atoms with E-state index in [0.717, 1.165) is 18.5 Å². The summed E-state index contributed by atoms with van der Waals surface area (Å²) in [5, 5.41) is 4.37. The molecule has 3 heteroatoms. The number of nitrogens with zero attached hydrogens (tertiary/aromatic N) is 2. The zero-order chi connectivity index (χ0) is 13.1. The predicted molar refractivity (Wildman–Crippen MR) is 72.7 cm³/mol. The summed E-state index contributed by atoms with van der Waals surface area (Å²) >= 11 is 0. The van der Waals surface area contributed by atoms with Gasteiger partial charge in [-0.2, -0.15) is 5.10 Å². The van der Waals surface area contributed by atoms with Gasteiger partial charge in [-0.3, -0.25) is 4.68 Å². The van der Waals surface area contributed by atoms with Gasteiger partial charge in [-0.15, -0.1) is 0 Å². The highest BCUT2D eigenvalue weighted by molar-refractivity contribution is 5.00. The van der Waals surface area contributed by atoms with Crippen LogP contribution < -0.4 is 5.73 Å². The number of aryl methyl sites for hydroxylation is 1. The second-order valence-corrected chi connectivity index (χ2v) is 6.55. The van der Waals surface area contributed by atoms with E-state index in [-0.39, 0.29) is 6.04 Å². The van der Waals surface area contributed by atoms with Crippen molar-refractivity contribution in [3.05, 3.63) is 18.0 Å². The molecule has 2 unspecified atom stereocenters. The molecule has 0 aliphatic carbocycles. The molecule has 0 fully saturated rings. The smallest absolute Gasteiger partial charge is 0.0639 e. The maximum Gasteiger partial charge on any atom is 0.0639 e. The van der Waals surface area contributed by atoms with Crippen molar-refractivity contribution >= 4 is 0 Å². The van der Waals surface area contributed by atoms with Gasteiger partial charge in [0.2, 0.25) is 0 Å². The lowest BCUT2D eigenvalue weighted by Crippen LogP contribution is -2.27. The van der Waals surface area contributed by atoms with Crippen molar-refractivity contribution in [3.8, 4) is 0 Å². The molecule has 0 aromatic carbocycles. The zero-order valence-electron chi connectivity index (χ0n) is 11.9. The van der Waals surface area contributed by atoms with E-state index in [1.54, 1.807) is 0 Å². The van der Waals surface area contributed by atoms with Crippen molar-refractivity contribution < 1.29 is 0 Å². The molecule has 0 aliphatic rings. The second-order valence-electron chi connectivity index (χ2n) is 6.55. The molecule has 17 heavy (non-hydrogen) atoms. The van der Waals surface area contributed by atoms with Gasteiger partial charge >= 0.3 is 0 Å². The molecule has 1 heterocycles. The van der Waals surface area contributed by atoms with Gasteiger partial charge in [-0.1, -0.05) is 27.7 Å². The molecule has 0 radical (unpaired) electrons. The van der Waals surface area contributed by atoms with Crippen LogP contribution in [0.3, 0.4) is 0 Å². The van der Waals surface area contributed by atoms with Gasteiger partial charge < -0.3 is 5.73 Å². The summed E-state index contributed by atoms with van der Waals surface area (Å²) in [5.41, 5.74) is 7.68. The summed E-state index contributed by atoms with van der Waals surface area (Å²) in [6.45, 7) is 9.15. The van der Waals surface area contributed by atoms with Crippen LogP contribution in [0.25, 0.3) is 0 Å². The Morgan fingerprint density at radius 3 is 2.53 bits per heavy atom. The molecule has 0 saturated carbocycles. The van der Waals surface area contributed by atoms with E-state index in [9.17, 15) is 0 Å². The zero-order valence-corrected chi connectivity index (χ0v) is 11.9. The maximum atomic E-state index is 6.19. The minimum atomic E-state index is 0.224. The molecule has 0 bridgehead atoms. The summed E-state index contributed by atoms with van der Waals surface area (Å²) in [6.07, 6.45) is 5.16. The van der Waals surface area contributed by atoms with Crippen LogP contribution in [0.2, 0.25) is 0 Å². The molecular formula is C14H27N3. The van der Waals surface area contributed by atoms with Crippen LogP contribution in [-0.4, -0.2) is 15.8 Å². The molecule has 1 rings (SSSR count). The van der Waals surface area contributed by atoms with Crippen molar-refractivity contribution in [1.82, 2.24) is 9.78 Å². The number of hydrogen-bond donors (Lipinski definition) is 1. The molecular weight excluding hydrogens is 210 g/mol. The Balaban J connectivity index is 2.36. The number of nitrogens with two attached hydrogens (primary N) is 1. The first-order valence-electron chi connectivity index (χ1n) is 6.50. The van der Waals surface area contributed by atoms with Crippen LogP contribution in [0.5, 0.6) is 0 Å². The van der Waals surface area contributed by atoms with Gasteiger partial charge in [-0.05, 0) is 30.2 Å². The Labute approximate surface area is 105 Å². The Bertz CT molecular complexity index is 335. The first-order chi connectivity index (χ1) is 7.76. The summed E-state index contributed by atoms with van der Waals surface area (Å²) in [6, 6.07) is 2.27. The Hall–Kier alpha value is -0.830. The van der Waals surface area contributed by atoms with Crippen LogP contribution in [0.15, 0.2) is 12.3 Å². The molecule has 1 aromatic heterocycles. The van der Waals surface area contributed by atoms with Crippen LogP contribution >= 0.6 is 0 Å². The van der Waals surface area contributed by atoms with E-state index < -0.39 is 0 Å². The normalized spacial score (nSPS) is 15.9. The first-order valence-corrected chi connectivity index (χ1v) is 6.50. The standard InChI is InChI=1S/C14H27N3/c1-11(10-14(2,3)4)8-12(15)9-13-6-7-17(5)16-13/h6-7,11-12H,8-10,15H2,1-5H3. The van der Waals surface area contributed by atoms with Gasteiger partial charge in [0, 0.05) is 25.7 Å². The highest BCUT2D eigenvalue weighted by atomic mass is 15.2. The lowest BCUT2D eigenvalue weighted by atomic mass is 9.82. The average Bonchev–Trinajstić information content (AvgIpc) is 2.46. The van der Waals surface area contributed by atoms with Crippen LogP contribution in [-0.2, 0) is 13.5 Å². The van der Waals surface area contributed by atoms with Crippen molar-refractivity contribution in [2.75, 3.05) is 0 Å². The second kappa shape index (κ2) is 5.67. The van der Waals surface area contributed by atoms with Crippen molar-refractivity contribution in [2.45, 2.75) is 53.0 Å². The summed E-state index contributed by atoms with van der Waals surface area (Å²) < 4.78 is 1.83. The third-order valence-electron chi connectivity index (χ3n) is 2.91. The number of rotatable bonds is 5. The molecule has 2 atom stereocenters. The minimum absolute atomic E-state index is 0.224. The summed E-state index contributed by atoms with van der Waals surface area (Å²) in [4.78, 5) is 0. The van der Waals surface area contributed by atoms with Crippen LogP contribution in [0.4, 0.5) is 0 Å². The van der Waals surface area contributed by atoms with E-state index in [0.29, 0.717) is 11.3 Å². The van der Waals surface area contributed by atoms with Crippen molar-refractivity contribution in [2.24, 2.45) is 24.1 Å². The molecule has 0 saturated heterocycles. The monoisotopic (exact) mass is 237 g/mol. The van der Waals surface area contributed by atoms with E-state index in [4.69, 9.17) is 5.73 Å². The number of hydrogen-bond acceptors (Lipinski definition) is 2. The first kappa shape index (κ1) is 14.2. The van der Waals surface area contributed by atoms with Crippen LogP contribution in [0.1, 0.15) is 46.2 Å². The Morgan fingerprint density at radius 1 is 1.41 bits per heavy atom. The Kier molecular flexibility index (Phi) is 4.75. The predicted octanol–water partition coefficient (Wildman–Crippen LogP) is 2.75. The average molecular weight is 237 g/mol. The van der Waals surface area contributed by atoms with E-state index in [1.165, 1.54) is 6.42 Å². The van der Waals surface area contributed by atoms with Crippen molar-refractivity contribution in [1.29, 1.82) is 0 Å². The third kappa shape index (κ3) is 5.87. The van der Waals surface area contributed by atoms with Gasteiger partial charge in [-0.25, -0.2) is 0 Å². The molecule has 2 N–H and O–H groups in total. The van der Waals surface area contributed by atoms with E-state index >= 15 is 0 Å². The van der Waals surface area contributed by atoms with Crippen molar-refractivity contribution in [3.63, 3.8) is 0 Å². The molecule has 0 spiro atoms. The highest BCUT2D eigenvalue weighted by Gasteiger charge is 2.18. The minimum Gasteiger partial charge on any atom is -0.327 e. The largest absolute Gasteiger partial charge is 0.327 e. The fourth-order valence-electron chi connectivity index (χ4n) is 2.57. The van der Waals surface area contributed by atoms with Gasteiger partial charge in [0.15, 0.2) is 0 Å². The molecule has 98 valence electrons. The Morgan fingerprint density at radius 2 is 2.06 bits per heavy atom. The van der Waals surface area contributed by atoms with E-state index in [1.807, 2.05) is 24.0 Å². The molecule has 3 nitrogen and oxygen atoms in total. The summed E-state index contributed by atoms with van der Waals surface area (Å²) in [7, 11) is 1.94.